The topological polar surface area (TPSA) is 32.3 Å². The van der Waals surface area contributed by atoms with Crippen molar-refractivity contribution in [3.8, 4) is 0 Å². The number of halogens is 1. The molecule has 1 N–H and O–H groups in total. The number of carbonyl (C=O) groups excluding carboxylic acids is 1. The molecule has 3 nitrogen and oxygen atoms in total. The third-order valence-electron chi connectivity index (χ3n) is 2.42. The van der Waals surface area contributed by atoms with E-state index in [1.807, 2.05) is 12.1 Å². The van der Waals surface area contributed by atoms with E-state index in [4.69, 9.17) is 0 Å². The van der Waals surface area contributed by atoms with Crippen LogP contribution in [0.15, 0.2) is 15.9 Å². The SMILES string of the molecule is O=C(CN1CCNCC1)c1ccc(Br)s1. The van der Waals surface area contributed by atoms with E-state index in [1.165, 1.54) is 11.3 Å². The van der Waals surface area contributed by atoms with E-state index in [2.05, 4.69) is 26.1 Å². The molecule has 2 heterocycles. The summed E-state index contributed by atoms with van der Waals surface area (Å²) in [4.78, 5) is 14.9. The number of carbonyl (C=O) groups is 1. The first-order valence-electron chi connectivity index (χ1n) is 4.97. The molecule has 0 saturated carbocycles. The third-order valence-corrected chi connectivity index (χ3v) is 4.09. The fourth-order valence-electron chi connectivity index (χ4n) is 1.61. The van der Waals surface area contributed by atoms with Crippen molar-refractivity contribution in [1.82, 2.24) is 10.2 Å². The van der Waals surface area contributed by atoms with Gasteiger partial charge in [-0.05, 0) is 28.1 Å². The van der Waals surface area contributed by atoms with Crippen LogP contribution in [0.4, 0.5) is 0 Å². The van der Waals surface area contributed by atoms with Crippen molar-refractivity contribution < 1.29 is 4.79 Å². The van der Waals surface area contributed by atoms with Crippen molar-refractivity contribution in [2.45, 2.75) is 0 Å². The molecule has 1 aliphatic heterocycles. The summed E-state index contributed by atoms with van der Waals surface area (Å²) >= 11 is 4.88. The van der Waals surface area contributed by atoms with Crippen molar-refractivity contribution >= 4 is 33.0 Å². The fourth-order valence-corrected chi connectivity index (χ4v) is 2.93. The lowest BCUT2D eigenvalue weighted by molar-refractivity contribution is 0.0925. The van der Waals surface area contributed by atoms with Crippen molar-refractivity contribution in [3.05, 3.63) is 20.8 Å². The number of hydrogen-bond donors (Lipinski definition) is 1. The first-order chi connectivity index (χ1) is 7.25. The van der Waals surface area contributed by atoms with Crippen LogP contribution >= 0.6 is 27.3 Å². The van der Waals surface area contributed by atoms with Gasteiger partial charge >= 0.3 is 0 Å². The molecule has 15 heavy (non-hydrogen) atoms. The molecule has 0 aliphatic carbocycles. The van der Waals surface area contributed by atoms with Gasteiger partial charge in [0.15, 0.2) is 5.78 Å². The van der Waals surface area contributed by atoms with Gasteiger partial charge in [0.2, 0.25) is 0 Å². The van der Waals surface area contributed by atoms with Crippen LogP contribution in [0.3, 0.4) is 0 Å². The minimum absolute atomic E-state index is 0.229. The van der Waals surface area contributed by atoms with E-state index in [0.29, 0.717) is 6.54 Å². The molecule has 1 aromatic rings. The van der Waals surface area contributed by atoms with Crippen LogP contribution in [0.5, 0.6) is 0 Å². The Labute approximate surface area is 102 Å². The Morgan fingerprint density at radius 3 is 2.80 bits per heavy atom. The molecule has 0 unspecified atom stereocenters. The van der Waals surface area contributed by atoms with Crippen LogP contribution in [0, 0.1) is 0 Å². The first-order valence-corrected chi connectivity index (χ1v) is 6.58. The Kier molecular flexibility index (Phi) is 3.91. The van der Waals surface area contributed by atoms with E-state index in [-0.39, 0.29) is 5.78 Å². The number of rotatable bonds is 3. The quantitative estimate of drug-likeness (QED) is 0.858. The van der Waals surface area contributed by atoms with Crippen molar-refractivity contribution in [2.75, 3.05) is 32.7 Å². The summed E-state index contributed by atoms with van der Waals surface area (Å²) in [6.07, 6.45) is 0. The Morgan fingerprint density at radius 1 is 1.47 bits per heavy atom. The monoisotopic (exact) mass is 288 g/mol. The maximum Gasteiger partial charge on any atom is 0.186 e. The fraction of sp³-hybridized carbons (Fsp3) is 0.500. The van der Waals surface area contributed by atoms with Gasteiger partial charge in [-0.2, -0.15) is 0 Å². The molecule has 82 valence electrons. The summed E-state index contributed by atoms with van der Waals surface area (Å²) < 4.78 is 1.02. The van der Waals surface area contributed by atoms with Crippen LogP contribution in [-0.2, 0) is 0 Å². The van der Waals surface area contributed by atoms with E-state index >= 15 is 0 Å². The van der Waals surface area contributed by atoms with Gasteiger partial charge in [-0.1, -0.05) is 0 Å². The summed E-state index contributed by atoms with van der Waals surface area (Å²) in [5.41, 5.74) is 0. The molecule has 2 rings (SSSR count). The van der Waals surface area contributed by atoms with Crippen LogP contribution in [0.25, 0.3) is 0 Å². The minimum atomic E-state index is 0.229. The normalized spacial score (nSPS) is 17.9. The maximum absolute atomic E-state index is 11.9. The zero-order chi connectivity index (χ0) is 10.7. The largest absolute Gasteiger partial charge is 0.314 e. The first kappa shape index (κ1) is 11.3. The predicted molar refractivity (Wildman–Crippen MR) is 65.7 cm³/mol. The average Bonchev–Trinajstić information content (AvgIpc) is 2.66. The van der Waals surface area contributed by atoms with Crippen molar-refractivity contribution in [1.29, 1.82) is 0 Å². The number of piperazine rings is 1. The Morgan fingerprint density at radius 2 is 2.20 bits per heavy atom. The summed E-state index contributed by atoms with van der Waals surface area (Å²) in [7, 11) is 0. The third kappa shape index (κ3) is 3.11. The number of Topliss-reactive ketones (excluding diaryl/α,β-unsaturated/α-hetero) is 1. The predicted octanol–water partition coefficient (Wildman–Crippen LogP) is 1.60. The van der Waals surface area contributed by atoms with Crippen molar-refractivity contribution in [3.63, 3.8) is 0 Å². The lowest BCUT2D eigenvalue weighted by atomic mass is 10.2. The van der Waals surface area contributed by atoms with Gasteiger partial charge in [0.1, 0.15) is 0 Å². The minimum Gasteiger partial charge on any atom is -0.314 e. The van der Waals surface area contributed by atoms with E-state index in [9.17, 15) is 4.79 Å². The zero-order valence-electron chi connectivity index (χ0n) is 8.33. The lowest BCUT2D eigenvalue weighted by Crippen LogP contribution is -2.45. The van der Waals surface area contributed by atoms with Crippen LogP contribution < -0.4 is 5.32 Å². The second-order valence-electron chi connectivity index (χ2n) is 3.55. The molecule has 1 aromatic heterocycles. The van der Waals surface area contributed by atoms with E-state index in [1.54, 1.807) is 0 Å². The van der Waals surface area contributed by atoms with Crippen LogP contribution in [0.2, 0.25) is 0 Å². The molecule has 5 heteroatoms. The molecule has 0 bridgehead atoms. The van der Waals surface area contributed by atoms with Gasteiger partial charge in [-0.15, -0.1) is 11.3 Å². The summed E-state index contributed by atoms with van der Waals surface area (Å²) in [6.45, 7) is 4.47. The average molecular weight is 289 g/mol. The van der Waals surface area contributed by atoms with Gasteiger partial charge in [0.05, 0.1) is 15.2 Å². The molecule has 1 aliphatic rings. The summed E-state index contributed by atoms with van der Waals surface area (Å²) in [5.74, 6) is 0.229. The maximum atomic E-state index is 11.9. The number of nitrogens with one attached hydrogen (secondary N) is 1. The highest BCUT2D eigenvalue weighted by atomic mass is 79.9. The Bertz CT molecular complexity index is 347. The number of thiophene rings is 1. The molecule has 1 fully saturated rings. The van der Waals surface area contributed by atoms with Gasteiger partial charge in [-0.3, -0.25) is 9.69 Å². The second kappa shape index (κ2) is 5.21. The van der Waals surface area contributed by atoms with Gasteiger partial charge in [-0.25, -0.2) is 0 Å². The molecule has 0 spiro atoms. The van der Waals surface area contributed by atoms with Crippen molar-refractivity contribution in [2.24, 2.45) is 0 Å². The lowest BCUT2D eigenvalue weighted by Gasteiger charge is -2.26. The molecular formula is C10H13BrN2OS. The molecule has 0 atom stereocenters. The highest BCUT2D eigenvalue weighted by molar-refractivity contribution is 9.11. The van der Waals surface area contributed by atoms with E-state index in [0.717, 1.165) is 34.8 Å². The highest BCUT2D eigenvalue weighted by Gasteiger charge is 2.15. The van der Waals surface area contributed by atoms with Crippen LogP contribution in [-0.4, -0.2) is 43.4 Å². The molecule has 0 radical (unpaired) electrons. The summed E-state index contributed by atoms with van der Waals surface area (Å²) in [5, 5.41) is 3.27. The smallest absolute Gasteiger partial charge is 0.186 e. The molecule has 0 aromatic carbocycles. The standard InChI is InChI=1S/C10H13BrN2OS/c11-10-2-1-9(15-10)8(14)7-13-5-3-12-4-6-13/h1-2,12H,3-7H2. The van der Waals surface area contributed by atoms with Gasteiger partial charge < -0.3 is 5.32 Å². The molecular weight excluding hydrogens is 276 g/mol. The summed E-state index contributed by atoms with van der Waals surface area (Å²) in [6, 6.07) is 3.81. The molecule has 1 saturated heterocycles. The molecule has 0 amide bonds. The number of ketones is 1. The highest BCUT2D eigenvalue weighted by Crippen LogP contribution is 2.22. The van der Waals surface area contributed by atoms with E-state index < -0.39 is 0 Å². The Balaban J connectivity index is 1.91. The van der Waals surface area contributed by atoms with Gasteiger partial charge in [0, 0.05) is 26.2 Å². The van der Waals surface area contributed by atoms with Gasteiger partial charge in [0.25, 0.3) is 0 Å². The number of nitrogens with zero attached hydrogens (tertiary/aromatic N) is 1. The van der Waals surface area contributed by atoms with Crippen LogP contribution in [0.1, 0.15) is 9.67 Å². The zero-order valence-corrected chi connectivity index (χ0v) is 10.7. The Hall–Kier alpha value is -0.230. The number of hydrogen-bond acceptors (Lipinski definition) is 4. The second-order valence-corrected chi connectivity index (χ2v) is 6.02.